The van der Waals surface area contributed by atoms with Crippen molar-refractivity contribution in [1.29, 1.82) is 0 Å². The second-order valence-corrected chi connectivity index (χ2v) is 8.43. The van der Waals surface area contributed by atoms with Gasteiger partial charge in [0.25, 0.3) is 0 Å². The fourth-order valence-electron chi connectivity index (χ4n) is 2.89. The topological polar surface area (TPSA) is 140 Å². The number of hydrogen-bond donors (Lipinski definition) is 1. The molecule has 0 radical (unpaired) electrons. The van der Waals surface area contributed by atoms with Gasteiger partial charge in [-0.25, -0.2) is 0 Å². The fraction of sp³-hybridized carbons (Fsp3) is 0.964. The van der Waals surface area contributed by atoms with Crippen LogP contribution in [-0.2, 0) is 61.6 Å². The molecule has 0 atom stereocenters. The Morgan fingerprint density at radius 1 is 0.381 bits per heavy atom. The zero-order valence-electron chi connectivity index (χ0n) is 26.0. The molecule has 0 rings (SSSR count). The molecule has 0 aliphatic rings. The Kier molecular flexibility index (Phi) is 37.1. The van der Waals surface area contributed by atoms with Crippen LogP contribution in [0.15, 0.2) is 0 Å². The molecule has 0 spiro atoms. The van der Waals surface area contributed by atoms with E-state index < -0.39 is 0 Å². The number of rotatable bonds is 37. The van der Waals surface area contributed by atoms with Crippen LogP contribution in [0.25, 0.3) is 0 Å². The Labute approximate surface area is 252 Å². The lowest BCUT2D eigenvalue weighted by Crippen LogP contribution is -2.24. The van der Waals surface area contributed by atoms with E-state index in [0.29, 0.717) is 165 Å². The maximum Gasteiger partial charge on any atom is 0.222 e. The van der Waals surface area contributed by atoms with E-state index in [2.05, 4.69) is 5.32 Å². The maximum atomic E-state index is 11.2. The number of nitrogens with one attached hydrogen (secondary N) is 1. The molecule has 0 unspecified atom stereocenters. The van der Waals surface area contributed by atoms with Gasteiger partial charge in [0.05, 0.1) is 152 Å². The first-order chi connectivity index (χ1) is 20.8. The number of hydrogen-bond acceptors (Lipinski definition) is 13. The standard InChI is InChI=1S/C28H57NO13/c1-3-29-28(30)4-5-32-8-9-34-12-13-36-16-17-38-20-21-40-24-25-42-27-26-41-23-22-39-19-18-37-15-14-35-11-10-33-7-6-31-2/h3-27H2,1-2H3,(H,29,30). The molecule has 42 heavy (non-hydrogen) atoms. The van der Waals surface area contributed by atoms with E-state index >= 15 is 0 Å². The average Bonchev–Trinajstić information content (AvgIpc) is 2.99. The van der Waals surface area contributed by atoms with Crippen molar-refractivity contribution in [3.8, 4) is 0 Å². The summed E-state index contributed by atoms with van der Waals surface area (Å²) >= 11 is 0. The van der Waals surface area contributed by atoms with Crippen LogP contribution in [0, 0.1) is 0 Å². The SMILES string of the molecule is CCNC(=O)CCOCCOCCOCCOCCOCCOCCOCCOCCOCCOCCOCCOC. The second-order valence-electron chi connectivity index (χ2n) is 8.43. The van der Waals surface area contributed by atoms with Crippen molar-refractivity contribution >= 4 is 5.91 Å². The summed E-state index contributed by atoms with van der Waals surface area (Å²) in [5, 5.41) is 2.72. The van der Waals surface area contributed by atoms with Gasteiger partial charge in [-0.3, -0.25) is 4.79 Å². The zero-order valence-corrected chi connectivity index (χ0v) is 26.0. The molecular weight excluding hydrogens is 558 g/mol. The van der Waals surface area contributed by atoms with Crippen LogP contribution >= 0.6 is 0 Å². The number of amides is 1. The minimum absolute atomic E-state index is 0.000660. The highest BCUT2D eigenvalue weighted by atomic mass is 16.6. The number of carbonyl (C=O) groups excluding carboxylic acids is 1. The van der Waals surface area contributed by atoms with Crippen molar-refractivity contribution in [1.82, 2.24) is 5.32 Å². The number of methoxy groups -OCH3 is 1. The highest BCUT2D eigenvalue weighted by Crippen LogP contribution is 1.88. The predicted molar refractivity (Wildman–Crippen MR) is 154 cm³/mol. The highest BCUT2D eigenvalue weighted by molar-refractivity contribution is 5.75. The summed E-state index contributed by atoms with van der Waals surface area (Å²) in [6, 6.07) is 0. The van der Waals surface area contributed by atoms with Gasteiger partial charge in [-0.2, -0.15) is 0 Å². The first kappa shape index (κ1) is 41.0. The summed E-state index contributed by atoms with van der Waals surface area (Å²) in [6.07, 6.45) is 0.368. The summed E-state index contributed by atoms with van der Waals surface area (Å²) in [5.74, 6) is -0.000660. The van der Waals surface area contributed by atoms with Gasteiger partial charge in [0.15, 0.2) is 0 Å². The van der Waals surface area contributed by atoms with Crippen molar-refractivity contribution in [3.05, 3.63) is 0 Å². The minimum Gasteiger partial charge on any atom is -0.382 e. The second kappa shape index (κ2) is 38.0. The molecule has 14 nitrogen and oxygen atoms in total. The van der Waals surface area contributed by atoms with Crippen molar-refractivity contribution < 1.29 is 61.6 Å². The van der Waals surface area contributed by atoms with Crippen molar-refractivity contribution in [2.75, 3.05) is 166 Å². The monoisotopic (exact) mass is 615 g/mol. The molecule has 1 amide bonds. The molecule has 0 aromatic rings. The lowest BCUT2D eigenvalue weighted by molar-refractivity contribution is -0.122. The fourth-order valence-corrected chi connectivity index (χ4v) is 2.89. The van der Waals surface area contributed by atoms with E-state index in [4.69, 9.17) is 56.8 Å². The smallest absolute Gasteiger partial charge is 0.222 e. The van der Waals surface area contributed by atoms with Crippen LogP contribution in [-0.4, -0.2) is 172 Å². The van der Waals surface area contributed by atoms with E-state index in [1.807, 2.05) is 6.92 Å². The van der Waals surface area contributed by atoms with Crippen LogP contribution in [0.2, 0.25) is 0 Å². The molecule has 252 valence electrons. The van der Waals surface area contributed by atoms with Crippen LogP contribution in [0.1, 0.15) is 13.3 Å². The van der Waals surface area contributed by atoms with Crippen molar-refractivity contribution in [2.45, 2.75) is 13.3 Å². The number of ether oxygens (including phenoxy) is 12. The van der Waals surface area contributed by atoms with E-state index in [1.165, 1.54) is 0 Å². The summed E-state index contributed by atoms with van der Waals surface area (Å²) in [7, 11) is 1.64. The lowest BCUT2D eigenvalue weighted by Gasteiger charge is -2.09. The van der Waals surface area contributed by atoms with Gasteiger partial charge in [-0.05, 0) is 6.92 Å². The normalized spacial score (nSPS) is 11.4. The maximum absolute atomic E-state index is 11.2. The minimum atomic E-state index is -0.000660. The van der Waals surface area contributed by atoms with E-state index in [9.17, 15) is 4.79 Å². The van der Waals surface area contributed by atoms with E-state index in [1.54, 1.807) is 7.11 Å². The van der Waals surface area contributed by atoms with Crippen LogP contribution < -0.4 is 5.32 Å². The van der Waals surface area contributed by atoms with Gasteiger partial charge in [0, 0.05) is 20.1 Å². The molecule has 0 bridgehead atoms. The molecule has 14 heteroatoms. The Hall–Kier alpha value is -1.01. The van der Waals surface area contributed by atoms with E-state index in [-0.39, 0.29) is 5.91 Å². The first-order valence-corrected chi connectivity index (χ1v) is 14.9. The summed E-state index contributed by atoms with van der Waals surface area (Å²) in [6.45, 7) is 14.2. The molecule has 0 fully saturated rings. The lowest BCUT2D eigenvalue weighted by atomic mass is 10.4. The Balaban J connectivity index is 3.05. The summed E-state index contributed by atoms with van der Waals surface area (Å²) in [5.41, 5.74) is 0. The Morgan fingerprint density at radius 2 is 0.595 bits per heavy atom. The molecule has 0 saturated carbocycles. The predicted octanol–water partition coefficient (Wildman–Crippen LogP) is 0.342. The highest BCUT2D eigenvalue weighted by Gasteiger charge is 1.99. The Bertz CT molecular complexity index is 520. The third-order valence-corrected chi connectivity index (χ3v) is 5.00. The largest absolute Gasteiger partial charge is 0.382 e. The molecule has 0 aromatic carbocycles. The van der Waals surface area contributed by atoms with Gasteiger partial charge in [-0.15, -0.1) is 0 Å². The Morgan fingerprint density at radius 3 is 0.810 bits per heavy atom. The summed E-state index contributed by atoms with van der Waals surface area (Å²) < 4.78 is 64.4. The average molecular weight is 616 g/mol. The number of carbonyl (C=O) groups is 1. The van der Waals surface area contributed by atoms with Crippen molar-refractivity contribution in [3.63, 3.8) is 0 Å². The third-order valence-electron chi connectivity index (χ3n) is 5.00. The zero-order chi connectivity index (χ0) is 30.4. The van der Waals surface area contributed by atoms with Gasteiger partial charge >= 0.3 is 0 Å². The van der Waals surface area contributed by atoms with Gasteiger partial charge in [-0.1, -0.05) is 0 Å². The molecular formula is C28H57NO13. The molecule has 0 aromatic heterocycles. The molecule has 1 N–H and O–H groups in total. The molecule has 0 saturated heterocycles. The van der Waals surface area contributed by atoms with Gasteiger partial charge < -0.3 is 62.2 Å². The quantitative estimate of drug-likeness (QED) is 0.0962. The molecule has 0 aliphatic carbocycles. The van der Waals surface area contributed by atoms with Crippen LogP contribution in [0.4, 0.5) is 0 Å². The molecule has 0 heterocycles. The van der Waals surface area contributed by atoms with E-state index in [0.717, 1.165) is 0 Å². The van der Waals surface area contributed by atoms with Crippen LogP contribution in [0.5, 0.6) is 0 Å². The van der Waals surface area contributed by atoms with Crippen LogP contribution in [0.3, 0.4) is 0 Å². The third kappa shape index (κ3) is 37.0. The summed E-state index contributed by atoms with van der Waals surface area (Å²) in [4.78, 5) is 11.2. The van der Waals surface area contributed by atoms with Gasteiger partial charge in [0.2, 0.25) is 5.91 Å². The first-order valence-electron chi connectivity index (χ1n) is 14.9. The van der Waals surface area contributed by atoms with Gasteiger partial charge in [0.1, 0.15) is 0 Å². The molecule has 0 aliphatic heterocycles. The van der Waals surface area contributed by atoms with Crippen molar-refractivity contribution in [2.24, 2.45) is 0 Å².